The van der Waals surface area contributed by atoms with Gasteiger partial charge in [-0.15, -0.1) is 0 Å². The number of para-hydroxylation sites is 1. The summed E-state index contributed by atoms with van der Waals surface area (Å²) in [7, 11) is 0.398. The van der Waals surface area contributed by atoms with E-state index in [1.54, 1.807) is 22.9 Å². The molecule has 0 spiro atoms. The van der Waals surface area contributed by atoms with E-state index >= 15 is 4.39 Å². The average Bonchev–Trinajstić information content (AvgIpc) is 3.15. The van der Waals surface area contributed by atoms with Gasteiger partial charge in [-0.3, -0.25) is 4.79 Å². The van der Waals surface area contributed by atoms with Crippen LogP contribution in [0.25, 0.3) is 27.8 Å². The first kappa shape index (κ1) is 22.2. The molecule has 0 aliphatic heterocycles. The van der Waals surface area contributed by atoms with Crippen LogP contribution in [0.3, 0.4) is 0 Å². The first-order chi connectivity index (χ1) is 15.4. The summed E-state index contributed by atoms with van der Waals surface area (Å²) in [5, 5.41) is 0.336. The van der Waals surface area contributed by atoms with Crippen LogP contribution >= 0.6 is 8.81 Å². The molecular formula is C24H25FN3O3P. The smallest absolute Gasteiger partial charge is 0.260 e. The maximum atomic E-state index is 15.1. The third-order valence-electron chi connectivity index (χ3n) is 5.21. The molecule has 0 radical (unpaired) electrons. The molecule has 0 amide bonds. The van der Waals surface area contributed by atoms with E-state index in [-0.39, 0.29) is 11.2 Å². The van der Waals surface area contributed by atoms with Gasteiger partial charge in [0, 0.05) is 44.3 Å². The van der Waals surface area contributed by atoms with Gasteiger partial charge in [-0.1, -0.05) is 18.2 Å². The van der Waals surface area contributed by atoms with E-state index in [4.69, 9.17) is 9.26 Å². The van der Waals surface area contributed by atoms with Gasteiger partial charge < -0.3 is 18.8 Å². The highest BCUT2D eigenvalue weighted by Gasteiger charge is 2.20. The zero-order chi connectivity index (χ0) is 22.7. The van der Waals surface area contributed by atoms with Gasteiger partial charge in [-0.25, -0.2) is 9.37 Å². The number of nitrogens with zero attached hydrogens (tertiary/aromatic N) is 2. The van der Waals surface area contributed by atoms with Crippen molar-refractivity contribution in [2.75, 3.05) is 13.3 Å². The minimum Gasteiger partial charge on any atom is -0.493 e. The summed E-state index contributed by atoms with van der Waals surface area (Å²) in [4.78, 5) is 19.6. The summed E-state index contributed by atoms with van der Waals surface area (Å²) < 4.78 is 28.4. The van der Waals surface area contributed by atoms with Gasteiger partial charge in [-0.2, -0.15) is 0 Å². The van der Waals surface area contributed by atoms with Crippen molar-refractivity contribution in [1.82, 2.24) is 14.5 Å². The Hall–Kier alpha value is -3.02. The maximum absolute atomic E-state index is 15.1. The molecule has 6 nitrogen and oxygen atoms in total. The number of halogens is 1. The average molecular weight is 453 g/mol. The molecule has 0 bridgehead atoms. The van der Waals surface area contributed by atoms with E-state index in [1.165, 1.54) is 12.4 Å². The summed E-state index contributed by atoms with van der Waals surface area (Å²) in [6.07, 6.45) is 3.78. The monoisotopic (exact) mass is 453 g/mol. The molecule has 8 heteroatoms. The van der Waals surface area contributed by atoms with Gasteiger partial charge in [-0.05, 0) is 44.8 Å². The number of benzene rings is 2. The first-order valence-corrected chi connectivity index (χ1v) is 11.7. The molecule has 2 heterocycles. The summed E-state index contributed by atoms with van der Waals surface area (Å²) in [6.45, 7) is 6.40. The number of H-pyrrole nitrogens is 1. The minimum atomic E-state index is -0.469. The zero-order valence-corrected chi connectivity index (χ0v) is 19.2. The van der Waals surface area contributed by atoms with Gasteiger partial charge in [0.15, 0.2) is 5.65 Å². The van der Waals surface area contributed by atoms with Gasteiger partial charge >= 0.3 is 0 Å². The first-order valence-electron chi connectivity index (χ1n) is 10.3. The van der Waals surface area contributed by atoms with Crippen LogP contribution in [0.15, 0.2) is 65.8 Å². The lowest BCUT2D eigenvalue weighted by molar-refractivity contribution is 0.100. The Morgan fingerprint density at radius 3 is 2.66 bits per heavy atom. The normalized spacial score (nSPS) is 12.1. The fraction of sp³-hybridized carbons (Fsp3) is 0.250. The summed E-state index contributed by atoms with van der Waals surface area (Å²) in [5.41, 5.74) is 1.47. The Bertz CT molecular complexity index is 1280. The number of ether oxygens (including phenoxy) is 1. The second-order valence-corrected chi connectivity index (χ2v) is 8.60. The highest BCUT2D eigenvalue weighted by molar-refractivity contribution is 7.31. The molecule has 1 atom stereocenters. The number of hydrogen-bond acceptors (Lipinski definition) is 4. The van der Waals surface area contributed by atoms with E-state index in [2.05, 4.69) is 9.97 Å². The minimum absolute atomic E-state index is 0.293. The molecular weight excluding hydrogens is 428 g/mol. The van der Waals surface area contributed by atoms with Crippen molar-refractivity contribution in [3.63, 3.8) is 0 Å². The molecule has 166 valence electrons. The zero-order valence-electron chi connectivity index (χ0n) is 18.2. The SMILES string of the molecule is CPOC(C)(C)CCOc1ccc(-c2cn(-c3ccccc3)c3nc[nH]c(=O)c23)c(F)c1. The standard InChI is InChI=1S/C24H25FN3O3P/c1-24(2,31-32-3)11-12-30-17-9-10-18(20(25)13-17)19-14-28(16-7-5-4-6-8-16)22-21(19)23(29)27-15-26-22/h4-10,13-15,32H,11-12H2,1-3H3,(H,26,27,29). The van der Waals surface area contributed by atoms with Crippen LogP contribution in [0.2, 0.25) is 0 Å². The third-order valence-corrected chi connectivity index (χ3v) is 5.96. The number of rotatable bonds is 8. The van der Waals surface area contributed by atoms with Crippen molar-refractivity contribution in [3.8, 4) is 22.6 Å². The Balaban J connectivity index is 1.67. The lowest BCUT2D eigenvalue weighted by atomic mass is 10.1. The Morgan fingerprint density at radius 1 is 1.16 bits per heavy atom. The third kappa shape index (κ3) is 4.59. The molecule has 1 unspecified atom stereocenters. The van der Waals surface area contributed by atoms with Gasteiger partial charge in [0.05, 0.1) is 23.9 Å². The number of fused-ring (bicyclic) bond motifs is 1. The predicted octanol–water partition coefficient (Wildman–Crippen LogP) is 5.31. The van der Waals surface area contributed by atoms with Crippen LogP contribution in [-0.2, 0) is 4.52 Å². The second-order valence-electron chi connectivity index (χ2n) is 7.98. The quantitative estimate of drug-likeness (QED) is 0.367. The highest BCUT2D eigenvalue weighted by atomic mass is 31.1. The molecule has 32 heavy (non-hydrogen) atoms. The summed E-state index contributed by atoms with van der Waals surface area (Å²) in [5.74, 6) is -0.0387. The molecule has 1 N–H and O–H groups in total. The Kier molecular flexibility index (Phi) is 6.40. The van der Waals surface area contributed by atoms with Crippen molar-refractivity contribution in [2.24, 2.45) is 0 Å². The topological polar surface area (TPSA) is 69.1 Å². The van der Waals surface area contributed by atoms with Gasteiger partial charge in [0.2, 0.25) is 0 Å². The Morgan fingerprint density at radius 2 is 1.94 bits per heavy atom. The van der Waals surface area contributed by atoms with Crippen LogP contribution < -0.4 is 10.3 Å². The molecule has 2 aromatic heterocycles. The predicted molar refractivity (Wildman–Crippen MR) is 127 cm³/mol. The fourth-order valence-corrected chi connectivity index (χ4v) is 4.26. The molecule has 4 rings (SSSR count). The van der Waals surface area contributed by atoms with Gasteiger partial charge in [0.1, 0.15) is 11.6 Å². The molecule has 0 fully saturated rings. The van der Waals surface area contributed by atoms with Crippen LogP contribution in [0.5, 0.6) is 5.75 Å². The van der Waals surface area contributed by atoms with Crippen molar-refractivity contribution in [2.45, 2.75) is 25.9 Å². The molecule has 0 saturated carbocycles. The highest BCUT2D eigenvalue weighted by Crippen LogP contribution is 2.33. The van der Waals surface area contributed by atoms with E-state index in [9.17, 15) is 4.79 Å². The summed E-state index contributed by atoms with van der Waals surface area (Å²) in [6, 6.07) is 14.2. The lowest BCUT2D eigenvalue weighted by Crippen LogP contribution is -2.23. The fourth-order valence-electron chi connectivity index (χ4n) is 3.61. The lowest BCUT2D eigenvalue weighted by Gasteiger charge is -2.24. The molecule has 0 aliphatic rings. The van der Waals surface area contributed by atoms with Crippen molar-refractivity contribution in [1.29, 1.82) is 0 Å². The van der Waals surface area contributed by atoms with Crippen LogP contribution in [0.1, 0.15) is 20.3 Å². The van der Waals surface area contributed by atoms with Crippen LogP contribution in [0, 0.1) is 5.82 Å². The number of nitrogens with one attached hydrogen (secondary N) is 1. The molecule has 2 aromatic carbocycles. The summed E-state index contributed by atoms with van der Waals surface area (Å²) >= 11 is 0. The Labute approximate surface area is 187 Å². The van der Waals surface area contributed by atoms with E-state index in [0.29, 0.717) is 49.7 Å². The maximum Gasteiger partial charge on any atom is 0.260 e. The van der Waals surface area contributed by atoms with Crippen molar-refractivity contribution in [3.05, 3.63) is 77.2 Å². The van der Waals surface area contributed by atoms with Crippen molar-refractivity contribution >= 4 is 19.8 Å². The number of aromatic nitrogens is 3. The van der Waals surface area contributed by atoms with E-state index in [1.807, 2.05) is 50.8 Å². The molecule has 4 aromatic rings. The number of hydrogen-bond donors (Lipinski definition) is 1. The van der Waals surface area contributed by atoms with Crippen LogP contribution in [-0.4, -0.2) is 33.4 Å². The second kappa shape index (κ2) is 9.23. The van der Waals surface area contributed by atoms with E-state index < -0.39 is 5.82 Å². The molecule has 0 aliphatic carbocycles. The van der Waals surface area contributed by atoms with Crippen LogP contribution in [0.4, 0.5) is 4.39 Å². The van der Waals surface area contributed by atoms with E-state index in [0.717, 1.165) is 5.69 Å². The largest absolute Gasteiger partial charge is 0.493 e. The number of aromatic amines is 1. The molecule has 0 saturated heterocycles. The van der Waals surface area contributed by atoms with Crippen molar-refractivity contribution < 1.29 is 13.7 Å². The van der Waals surface area contributed by atoms with Gasteiger partial charge in [0.25, 0.3) is 5.56 Å².